The second-order valence-electron chi connectivity index (χ2n) is 8.59. The van der Waals surface area contributed by atoms with Gasteiger partial charge in [-0.3, -0.25) is 9.59 Å². The molecule has 2 aromatic rings. The number of hydrogen-bond acceptors (Lipinski definition) is 4. The van der Waals surface area contributed by atoms with Crippen LogP contribution >= 0.6 is 15.9 Å². The number of benzene rings is 2. The van der Waals surface area contributed by atoms with Gasteiger partial charge in [0.25, 0.3) is 5.91 Å². The van der Waals surface area contributed by atoms with Gasteiger partial charge in [-0.2, -0.15) is 0 Å². The van der Waals surface area contributed by atoms with Gasteiger partial charge < -0.3 is 19.7 Å². The normalized spacial score (nSPS) is 12.1. The minimum atomic E-state index is -0.593. The summed E-state index contributed by atoms with van der Waals surface area (Å²) in [5, 5.41) is 2.66. The first-order valence-corrected chi connectivity index (χ1v) is 11.5. The number of carbonyl (C=O) groups excluding carboxylic acids is 2. The first-order valence-electron chi connectivity index (χ1n) is 10.7. The Hall–Kier alpha value is -2.54. The van der Waals surface area contributed by atoms with Crippen LogP contribution in [-0.2, 0) is 21.5 Å². The van der Waals surface area contributed by atoms with Crippen LogP contribution in [-0.4, -0.2) is 43.5 Å². The Morgan fingerprint density at radius 1 is 1.12 bits per heavy atom. The third-order valence-corrected chi connectivity index (χ3v) is 5.91. The lowest BCUT2D eigenvalue weighted by molar-refractivity contribution is -0.142. The van der Waals surface area contributed by atoms with Crippen LogP contribution in [0.3, 0.4) is 0 Å². The van der Waals surface area contributed by atoms with Crippen LogP contribution in [0, 0.1) is 0 Å². The van der Waals surface area contributed by atoms with Gasteiger partial charge in [0, 0.05) is 13.6 Å². The summed E-state index contributed by atoms with van der Waals surface area (Å²) >= 11 is 3.55. The standard InChI is InChI=1S/C25H33BrN2O4/c1-7-21(24(30)27-5)28(15-17-8-11-19(31-6)12-9-17)23(29)16-32-22-13-10-18(14-20(22)26)25(2,3)4/h8-14,21H,7,15-16H2,1-6H3,(H,27,30)/t21-/m1/s1. The summed E-state index contributed by atoms with van der Waals surface area (Å²) in [5.74, 6) is 0.855. The van der Waals surface area contributed by atoms with Crippen molar-refractivity contribution in [1.29, 1.82) is 0 Å². The molecule has 0 unspecified atom stereocenters. The molecule has 0 bridgehead atoms. The highest BCUT2D eigenvalue weighted by molar-refractivity contribution is 9.10. The van der Waals surface area contributed by atoms with Gasteiger partial charge in [-0.15, -0.1) is 0 Å². The summed E-state index contributed by atoms with van der Waals surface area (Å²) in [5.41, 5.74) is 2.07. The molecule has 0 aliphatic rings. The zero-order valence-electron chi connectivity index (χ0n) is 19.7. The maximum Gasteiger partial charge on any atom is 0.261 e. The van der Waals surface area contributed by atoms with Crippen molar-refractivity contribution >= 4 is 27.7 Å². The van der Waals surface area contributed by atoms with Gasteiger partial charge in [0.1, 0.15) is 17.5 Å². The van der Waals surface area contributed by atoms with Crippen LogP contribution in [0.2, 0.25) is 0 Å². The molecule has 0 aromatic heterocycles. The van der Waals surface area contributed by atoms with E-state index in [0.717, 1.165) is 21.3 Å². The Kier molecular flexibility index (Phi) is 9.13. The SMILES string of the molecule is CC[C@H](C(=O)NC)N(Cc1ccc(OC)cc1)C(=O)COc1ccc(C(C)(C)C)cc1Br. The zero-order valence-corrected chi connectivity index (χ0v) is 21.3. The van der Waals surface area contributed by atoms with Gasteiger partial charge in [-0.25, -0.2) is 0 Å². The molecule has 1 N–H and O–H groups in total. The number of amides is 2. The van der Waals surface area contributed by atoms with Crippen molar-refractivity contribution in [3.8, 4) is 11.5 Å². The predicted octanol–water partition coefficient (Wildman–Crippen LogP) is 4.69. The molecule has 6 nitrogen and oxygen atoms in total. The molecule has 2 amide bonds. The molecule has 0 radical (unpaired) electrons. The van der Waals surface area contributed by atoms with Gasteiger partial charge in [-0.05, 0) is 63.2 Å². The lowest BCUT2D eigenvalue weighted by Crippen LogP contribution is -2.49. The first kappa shape index (κ1) is 25.7. The van der Waals surface area contributed by atoms with Gasteiger partial charge in [-0.1, -0.05) is 45.9 Å². The second kappa shape index (κ2) is 11.4. The first-order chi connectivity index (χ1) is 15.1. The largest absolute Gasteiger partial charge is 0.497 e. The van der Waals surface area contributed by atoms with E-state index in [1.807, 2.05) is 49.4 Å². The van der Waals surface area contributed by atoms with Crippen molar-refractivity contribution in [2.75, 3.05) is 20.8 Å². The summed E-state index contributed by atoms with van der Waals surface area (Å²) in [4.78, 5) is 27.2. The smallest absolute Gasteiger partial charge is 0.261 e. The van der Waals surface area contributed by atoms with Gasteiger partial charge in [0.05, 0.1) is 11.6 Å². The Balaban J connectivity index is 2.20. The van der Waals surface area contributed by atoms with E-state index in [1.54, 1.807) is 19.1 Å². The zero-order chi connectivity index (χ0) is 23.9. The van der Waals surface area contributed by atoms with Crippen molar-refractivity contribution in [2.45, 2.75) is 52.1 Å². The van der Waals surface area contributed by atoms with Crippen LogP contribution in [0.4, 0.5) is 0 Å². The highest BCUT2D eigenvalue weighted by Gasteiger charge is 2.28. The number of carbonyl (C=O) groups is 2. The minimum absolute atomic E-state index is 0.00783. The average molecular weight is 505 g/mol. The van der Waals surface area contributed by atoms with Crippen LogP contribution in [0.15, 0.2) is 46.9 Å². The van der Waals surface area contributed by atoms with Crippen molar-refractivity contribution in [3.63, 3.8) is 0 Å². The highest BCUT2D eigenvalue weighted by atomic mass is 79.9. The Bertz CT molecular complexity index is 923. The monoisotopic (exact) mass is 504 g/mol. The Morgan fingerprint density at radius 3 is 2.28 bits per heavy atom. The predicted molar refractivity (Wildman–Crippen MR) is 130 cm³/mol. The summed E-state index contributed by atoms with van der Waals surface area (Å²) in [6.07, 6.45) is 0.492. The van der Waals surface area contributed by atoms with E-state index in [0.29, 0.717) is 18.7 Å². The minimum Gasteiger partial charge on any atom is -0.497 e. The lowest BCUT2D eigenvalue weighted by atomic mass is 9.87. The average Bonchev–Trinajstić information content (AvgIpc) is 2.77. The van der Waals surface area contributed by atoms with Gasteiger partial charge in [0.2, 0.25) is 5.91 Å². The maximum atomic E-state index is 13.2. The Morgan fingerprint density at radius 2 is 1.78 bits per heavy atom. The molecule has 0 spiro atoms. The number of halogens is 1. The molecule has 0 aliphatic heterocycles. The van der Waals surface area contributed by atoms with E-state index in [4.69, 9.17) is 9.47 Å². The van der Waals surface area contributed by atoms with E-state index in [2.05, 4.69) is 42.0 Å². The Labute approximate surface area is 199 Å². The number of nitrogens with zero attached hydrogens (tertiary/aromatic N) is 1. The molecular formula is C25H33BrN2O4. The summed E-state index contributed by atoms with van der Waals surface area (Å²) in [7, 11) is 3.18. The van der Waals surface area contributed by atoms with Crippen molar-refractivity contribution in [2.24, 2.45) is 0 Å². The number of nitrogens with one attached hydrogen (secondary N) is 1. The molecule has 174 valence electrons. The number of likely N-dealkylation sites (N-methyl/N-ethyl adjacent to an activating group) is 1. The number of rotatable bonds is 9. The molecule has 2 aromatic carbocycles. The molecular weight excluding hydrogens is 472 g/mol. The molecule has 2 rings (SSSR count). The molecule has 32 heavy (non-hydrogen) atoms. The number of hydrogen-bond donors (Lipinski definition) is 1. The van der Waals surface area contributed by atoms with E-state index >= 15 is 0 Å². The van der Waals surface area contributed by atoms with E-state index in [-0.39, 0.29) is 23.8 Å². The van der Waals surface area contributed by atoms with Crippen LogP contribution in [0.25, 0.3) is 0 Å². The van der Waals surface area contributed by atoms with Crippen LogP contribution in [0.1, 0.15) is 45.2 Å². The van der Waals surface area contributed by atoms with Crippen molar-refractivity contribution < 1.29 is 19.1 Å². The van der Waals surface area contributed by atoms with Gasteiger partial charge in [0.15, 0.2) is 6.61 Å². The number of ether oxygens (including phenoxy) is 2. The molecule has 0 saturated carbocycles. The topological polar surface area (TPSA) is 67.9 Å². The summed E-state index contributed by atoms with van der Waals surface area (Å²) < 4.78 is 11.8. The molecule has 0 saturated heterocycles. The third-order valence-electron chi connectivity index (χ3n) is 5.29. The molecule has 0 heterocycles. The van der Waals surface area contributed by atoms with E-state index in [1.165, 1.54) is 0 Å². The molecule has 1 atom stereocenters. The quantitative estimate of drug-likeness (QED) is 0.537. The fourth-order valence-electron chi connectivity index (χ4n) is 3.32. The molecule has 7 heteroatoms. The molecule has 0 fully saturated rings. The van der Waals surface area contributed by atoms with E-state index in [9.17, 15) is 9.59 Å². The summed E-state index contributed by atoms with van der Waals surface area (Å²) in [6.45, 7) is 8.43. The van der Waals surface area contributed by atoms with Crippen LogP contribution < -0.4 is 14.8 Å². The van der Waals surface area contributed by atoms with Gasteiger partial charge >= 0.3 is 0 Å². The van der Waals surface area contributed by atoms with Crippen molar-refractivity contribution in [1.82, 2.24) is 10.2 Å². The van der Waals surface area contributed by atoms with Crippen molar-refractivity contribution in [3.05, 3.63) is 58.1 Å². The van der Waals surface area contributed by atoms with E-state index < -0.39 is 6.04 Å². The molecule has 0 aliphatic carbocycles. The third kappa shape index (κ3) is 6.73. The fourth-order valence-corrected chi connectivity index (χ4v) is 3.81. The fraction of sp³-hybridized carbons (Fsp3) is 0.440. The van der Waals surface area contributed by atoms with Crippen LogP contribution in [0.5, 0.6) is 11.5 Å². The number of methoxy groups -OCH3 is 1. The maximum absolute atomic E-state index is 13.2. The summed E-state index contributed by atoms with van der Waals surface area (Å²) in [6, 6.07) is 12.7. The highest BCUT2D eigenvalue weighted by Crippen LogP contribution is 2.31. The lowest BCUT2D eigenvalue weighted by Gasteiger charge is -2.30. The second-order valence-corrected chi connectivity index (χ2v) is 9.45.